The predicted octanol–water partition coefficient (Wildman–Crippen LogP) is 3.77. The molecule has 0 aliphatic carbocycles. The van der Waals surface area contributed by atoms with Crippen molar-refractivity contribution in [2.75, 3.05) is 18.0 Å². The number of carbonyl (C=O) groups excluding carboxylic acids is 2. The molecule has 0 spiro atoms. The van der Waals surface area contributed by atoms with Crippen molar-refractivity contribution < 1.29 is 22.7 Å². The molecule has 0 unspecified atom stereocenters. The normalized spacial score (nSPS) is 18.8. The molecule has 1 amide bonds. The van der Waals surface area contributed by atoms with Crippen LogP contribution in [0.1, 0.15) is 49.0 Å². The quantitative estimate of drug-likeness (QED) is 0.616. The van der Waals surface area contributed by atoms with Crippen LogP contribution in [0.4, 0.5) is 5.69 Å². The van der Waals surface area contributed by atoms with E-state index in [9.17, 15) is 18.0 Å². The Hall–Kier alpha value is -2.87. The molecule has 1 aliphatic rings. The van der Waals surface area contributed by atoms with Crippen LogP contribution < -0.4 is 4.31 Å². The molecule has 0 radical (unpaired) electrons. The second kappa shape index (κ2) is 9.73. The largest absolute Gasteiger partial charge is 0.452 e. The van der Waals surface area contributed by atoms with E-state index < -0.39 is 16.0 Å². The van der Waals surface area contributed by atoms with E-state index in [1.165, 1.54) is 35.6 Å². The van der Waals surface area contributed by atoms with Crippen molar-refractivity contribution in [1.29, 1.82) is 0 Å². The number of carbonyl (C=O) groups is 2. The predicted molar refractivity (Wildman–Crippen MR) is 123 cm³/mol. The first kappa shape index (κ1) is 23.8. The van der Waals surface area contributed by atoms with Crippen LogP contribution in [0.5, 0.6) is 0 Å². The minimum atomic E-state index is -3.87. The zero-order valence-electron chi connectivity index (χ0n) is 18.9. The molecule has 2 atom stereocenters. The fourth-order valence-electron chi connectivity index (χ4n) is 4.03. The molecular formula is C24H30N2O5S. The molecule has 2 aromatic carbocycles. The average Bonchev–Trinajstić information content (AvgIpc) is 2.77. The van der Waals surface area contributed by atoms with Crippen molar-refractivity contribution >= 4 is 27.6 Å². The van der Waals surface area contributed by atoms with Crippen molar-refractivity contribution in [1.82, 2.24) is 4.90 Å². The second-order valence-electron chi connectivity index (χ2n) is 8.34. The number of ether oxygens (including phenoxy) is 1. The smallest absolute Gasteiger partial charge is 0.338 e. The van der Waals surface area contributed by atoms with Crippen molar-refractivity contribution in [2.24, 2.45) is 0 Å². The summed E-state index contributed by atoms with van der Waals surface area (Å²) in [5.74, 6) is -0.966. The number of nitrogens with zero attached hydrogens (tertiary/aromatic N) is 2. The van der Waals surface area contributed by atoms with Gasteiger partial charge in [-0.1, -0.05) is 23.8 Å². The number of hydrogen-bond acceptors (Lipinski definition) is 5. The van der Waals surface area contributed by atoms with Gasteiger partial charge in [-0.15, -0.1) is 0 Å². The number of sulfonamides is 1. The fraction of sp³-hybridized carbons (Fsp3) is 0.417. The van der Waals surface area contributed by atoms with Gasteiger partial charge in [0.05, 0.1) is 16.1 Å². The Morgan fingerprint density at radius 3 is 2.31 bits per heavy atom. The highest BCUT2D eigenvalue weighted by molar-refractivity contribution is 7.92. The third-order valence-electron chi connectivity index (χ3n) is 5.93. The van der Waals surface area contributed by atoms with Crippen molar-refractivity contribution in [2.45, 2.75) is 57.0 Å². The van der Waals surface area contributed by atoms with E-state index in [2.05, 4.69) is 0 Å². The molecule has 0 N–H and O–H groups in total. The fourth-order valence-corrected chi connectivity index (χ4v) is 5.28. The maximum atomic E-state index is 13.1. The Bertz CT molecular complexity index is 1070. The van der Waals surface area contributed by atoms with Gasteiger partial charge in [-0.25, -0.2) is 13.2 Å². The Morgan fingerprint density at radius 2 is 1.69 bits per heavy atom. The summed E-state index contributed by atoms with van der Waals surface area (Å²) >= 11 is 0. The van der Waals surface area contributed by atoms with Gasteiger partial charge >= 0.3 is 5.97 Å². The maximum Gasteiger partial charge on any atom is 0.338 e. The highest BCUT2D eigenvalue weighted by atomic mass is 32.2. The first-order valence-electron chi connectivity index (χ1n) is 10.7. The molecule has 1 saturated heterocycles. The van der Waals surface area contributed by atoms with E-state index in [1.54, 1.807) is 17.0 Å². The Kier molecular flexibility index (Phi) is 7.23. The first-order chi connectivity index (χ1) is 15.1. The van der Waals surface area contributed by atoms with E-state index in [4.69, 9.17) is 4.74 Å². The summed E-state index contributed by atoms with van der Waals surface area (Å²) in [6, 6.07) is 13.0. The summed E-state index contributed by atoms with van der Waals surface area (Å²) in [7, 11) is -2.41. The zero-order chi connectivity index (χ0) is 23.5. The molecular weight excluding hydrogens is 428 g/mol. The van der Waals surface area contributed by atoms with Crippen LogP contribution in [0, 0.1) is 6.92 Å². The number of benzene rings is 2. The van der Waals surface area contributed by atoms with Crippen LogP contribution >= 0.6 is 0 Å². The molecule has 0 aromatic heterocycles. The number of likely N-dealkylation sites (tertiary alicyclic amines) is 1. The molecule has 8 heteroatoms. The van der Waals surface area contributed by atoms with Gasteiger partial charge in [0.25, 0.3) is 15.9 Å². The van der Waals surface area contributed by atoms with E-state index in [1.807, 2.05) is 32.9 Å². The van der Waals surface area contributed by atoms with Gasteiger partial charge < -0.3 is 9.64 Å². The molecule has 1 heterocycles. The topological polar surface area (TPSA) is 84.0 Å². The first-order valence-corrected chi connectivity index (χ1v) is 12.2. The standard InChI is InChI=1S/C24H30N2O5S/c1-17-11-13-21(14-12-17)25(4)32(29,30)22-10-6-9-20(15-22)24(28)31-16-23(27)26-18(2)7-5-8-19(26)3/h6,9-15,18-19H,5,7-8,16H2,1-4H3/t18-,19+. The lowest BCUT2D eigenvalue weighted by Crippen LogP contribution is -2.49. The van der Waals surface area contributed by atoms with E-state index in [0.717, 1.165) is 24.8 Å². The molecule has 2 aromatic rings. The van der Waals surface area contributed by atoms with E-state index in [-0.39, 0.29) is 35.1 Å². The van der Waals surface area contributed by atoms with Crippen molar-refractivity contribution in [3.63, 3.8) is 0 Å². The molecule has 32 heavy (non-hydrogen) atoms. The van der Waals surface area contributed by atoms with Gasteiger partial charge in [-0.05, 0) is 70.4 Å². The average molecular weight is 459 g/mol. The van der Waals surface area contributed by atoms with Crippen LogP contribution in [0.3, 0.4) is 0 Å². The van der Waals surface area contributed by atoms with Gasteiger partial charge in [0.1, 0.15) is 0 Å². The summed E-state index contributed by atoms with van der Waals surface area (Å²) in [4.78, 5) is 26.9. The molecule has 7 nitrogen and oxygen atoms in total. The van der Waals surface area contributed by atoms with Crippen LogP contribution in [0.15, 0.2) is 53.4 Å². The van der Waals surface area contributed by atoms with Gasteiger partial charge in [0.15, 0.2) is 6.61 Å². The summed E-state index contributed by atoms with van der Waals surface area (Å²) in [5, 5.41) is 0. The lowest BCUT2D eigenvalue weighted by molar-refractivity contribution is -0.140. The lowest BCUT2D eigenvalue weighted by Gasteiger charge is -2.38. The van der Waals surface area contributed by atoms with Gasteiger partial charge in [-0.2, -0.15) is 0 Å². The van der Waals surface area contributed by atoms with Crippen LogP contribution in [0.2, 0.25) is 0 Å². The summed E-state index contributed by atoms with van der Waals surface area (Å²) in [5.41, 5.74) is 1.61. The monoisotopic (exact) mass is 458 g/mol. The summed E-state index contributed by atoms with van der Waals surface area (Å²) < 4.78 is 32.5. The molecule has 0 saturated carbocycles. The summed E-state index contributed by atoms with van der Waals surface area (Å²) in [6.07, 6.45) is 2.93. The summed E-state index contributed by atoms with van der Waals surface area (Å²) in [6.45, 7) is 5.54. The molecule has 3 rings (SSSR count). The Balaban J connectivity index is 1.71. The van der Waals surface area contributed by atoms with Crippen molar-refractivity contribution in [3.8, 4) is 0 Å². The SMILES string of the molecule is Cc1ccc(N(C)S(=O)(=O)c2cccc(C(=O)OCC(=O)N3[C@H](C)CCC[C@@H]3C)c2)cc1. The van der Waals surface area contributed by atoms with E-state index >= 15 is 0 Å². The van der Waals surface area contributed by atoms with Gasteiger partial charge in [0.2, 0.25) is 0 Å². The highest BCUT2D eigenvalue weighted by Crippen LogP contribution is 2.24. The maximum absolute atomic E-state index is 13.1. The number of esters is 1. The zero-order valence-corrected chi connectivity index (χ0v) is 19.8. The lowest BCUT2D eigenvalue weighted by atomic mass is 9.97. The Labute approximate surface area is 190 Å². The van der Waals surface area contributed by atoms with Crippen molar-refractivity contribution in [3.05, 3.63) is 59.7 Å². The van der Waals surface area contributed by atoms with Gasteiger partial charge in [0, 0.05) is 19.1 Å². The third kappa shape index (κ3) is 5.12. The Morgan fingerprint density at radius 1 is 1.06 bits per heavy atom. The van der Waals surface area contributed by atoms with Gasteiger partial charge in [-0.3, -0.25) is 9.10 Å². The minimum Gasteiger partial charge on any atom is -0.452 e. The third-order valence-corrected chi connectivity index (χ3v) is 7.72. The number of hydrogen-bond donors (Lipinski definition) is 0. The molecule has 1 fully saturated rings. The number of aryl methyl sites for hydroxylation is 1. The van der Waals surface area contributed by atoms with Crippen LogP contribution in [-0.2, 0) is 19.6 Å². The number of piperidine rings is 1. The van der Waals surface area contributed by atoms with E-state index in [0.29, 0.717) is 5.69 Å². The molecule has 172 valence electrons. The number of anilines is 1. The highest BCUT2D eigenvalue weighted by Gasteiger charge is 2.29. The minimum absolute atomic E-state index is 0.0281. The number of rotatable bonds is 6. The van der Waals surface area contributed by atoms with Crippen LogP contribution in [0.25, 0.3) is 0 Å². The number of amides is 1. The second-order valence-corrected chi connectivity index (χ2v) is 10.3. The molecule has 1 aliphatic heterocycles. The molecule has 0 bridgehead atoms. The van der Waals surface area contributed by atoms with Crippen LogP contribution in [-0.4, -0.2) is 50.9 Å².